The number of carbonyl (C=O) groups is 1. The lowest BCUT2D eigenvalue weighted by molar-refractivity contribution is -0.642. The Labute approximate surface area is 86.2 Å². The number of amides is 1. The molecule has 0 aromatic carbocycles. The first kappa shape index (κ1) is 8.98. The van der Waals surface area contributed by atoms with Crippen LogP contribution in [0.25, 0.3) is 0 Å². The van der Waals surface area contributed by atoms with E-state index in [0.717, 1.165) is 0 Å². The van der Waals surface area contributed by atoms with Gasteiger partial charge < -0.3 is 5.32 Å². The normalized spacial score (nSPS) is 20.7. The van der Waals surface area contributed by atoms with Crippen LogP contribution in [0.4, 0.5) is 5.82 Å². The lowest BCUT2D eigenvalue weighted by atomic mass is 10.4. The Morgan fingerprint density at radius 1 is 1.43 bits per heavy atom. The molecule has 1 aromatic rings. The minimum atomic E-state index is -0.104. The minimum Gasteiger partial charge on any atom is -0.307 e. The zero-order valence-corrected chi connectivity index (χ0v) is 8.04. The molecule has 14 heavy (non-hydrogen) atoms. The third kappa shape index (κ3) is 1.55. The van der Waals surface area contributed by atoms with Crippen molar-refractivity contribution >= 4 is 29.1 Å². The molecule has 0 bridgehead atoms. The maximum atomic E-state index is 11.5. The molecule has 2 heterocycles. The van der Waals surface area contributed by atoms with Gasteiger partial charge in [-0.3, -0.25) is 0 Å². The van der Waals surface area contributed by atoms with Crippen LogP contribution in [0.2, 0.25) is 0 Å². The van der Waals surface area contributed by atoms with Gasteiger partial charge in [-0.2, -0.15) is 4.90 Å². The number of hydrogen-bond donors (Lipinski definition) is 2. The maximum absolute atomic E-state index is 11.5. The molecule has 0 spiro atoms. The second-order valence-corrected chi connectivity index (χ2v) is 3.17. The summed E-state index contributed by atoms with van der Waals surface area (Å²) >= 11 is 5.03. The third-order valence-electron chi connectivity index (χ3n) is 1.84. The number of quaternary nitrogens is 1. The van der Waals surface area contributed by atoms with Crippen molar-refractivity contribution in [2.24, 2.45) is 0 Å². The van der Waals surface area contributed by atoms with Gasteiger partial charge in [0.1, 0.15) is 0 Å². The van der Waals surface area contributed by atoms with E-state index in [0.29, 0.717) is 15.8 Å². The third-order valence-corrected chi connectivity index (χ3v) is 2.17. The van der Waals surface area contributed by atoms with Crippen LogP contribution in [-0.4, -0.2) is 16.0 Å². The Hall–Kier alpha value is -1.59. The largest absolute Gasteiger partial charge is 0.351 e. The number of rotatable bonds is 1. The number of nitrogens with zero attached hydrogens (tertiary/aromatic N) is 1. The van der Waals surface area contributed by atoms with Crippen LogP contribution < -0.4 is 10.2 Å². The van der Waals surface area contributed by atoms with E-state index >= 15 is 0 Å². The molecule has 0 saturated carbocycles. The van der Waals surface area contributed by atoms with Crippen molar-refractivity contribution in [2.45, 2.75) is 0 Å². The van der Waals surface area contributed by atoms with Gasteiger partial charge in [-0.1, -0.05) is 6.07 Å². The van der Waals surface area contributed by atoms with Gasteiger partial charge in [0.2, 0.25) is 5.82 Å². The molecule has 1 atom stereocenters. The van der Waals surface area contributed by atoms with Crippen LogP contribution in [0.15, 0.2) is 36.7 Å². The molecule has 0 saturated heterocycles. The zero-order valence-electron chi connectivity index (χ0n) is 7.23. The number of nitrogens with one attached hydrogen (secondary N) is 2. The predicted octanol–water partition coefficient (Wildman–Crippen LogP) is -0.474. The fourth-order valence-corrected chi connectivity index (χ4v) is 1.49. The van der Waals surface area contributed by atoms with Crippen molar-refractivity contribution in [3.05, 3.63) is 36.7 Å². The molecule has 5 heteroatoms. The number of thiocarbonyl (C=S) groups is 1. The smallest absolute Gasteiger partial charge is 0.307 e. The number of carbonyl (C=O) groups excluding carboxylic acids is 1. The van der Waals surface area contributed by atoms with E-state index in [2.05, 4.69) is 10.3 Å². The van der Waals surface area contributed by atoms with Gasteiger partial charge in [0.25, 0.3) is 5.11 Å². The van der Waals surface area contributed by atoms with Crippen LogP contribution >= 0.6 is 12.2 Å². The van der Waals surface area contributed by atoms with Crippen molar-refractivity contribution in [2.75, 3.05) is 0 Å². The molecule has 0 aliphatic carbocycles. The van der Waals surface area contributed by atoms with Crippen LogP contribution in [0.3, 0.4) is 0 Å². The molecule has 1 unspecified atom stereocenters. The van der Waals surface area contributed by atoms with E-state index in [4.69, 9.17) is 12.2 Å². The Balaban J connectivity index is 2.38. The highest BCUT2D eigenvalue weighted by Crippen LogP contribution is 1.94. The maximum Gasteiger partial charge on any atom is 0.351 e. The molecule has 2 rings (SSSR count). The van der Waals surface area contributed by atoms with E-state index < -0.39 is 0 Å². The highest BCUT2D eigenvalue weighted by molar-refractivity contribution is 7.79. The van der Waals surface area contributed by atoms with E-state index in [-0.39, 0.29) is 5.91 Å². The zero-order chi connectivity index (χ0) is 9.97. The van der Waals surface area contributed by atoms with Crippen LogP contribution in [0, 0.1) is 0 Å². The highest BCUT2D eigenvalue weighted by atomic mass is 32.1. The Morgan fingerprint density at radius 2 is 2.29 bits per heavy atom. The molecule has 4 nitrogen and oxygen atoms in total. The quantitative estimate of drug-likeness (QED) is 0.610. The Morgan fingerprint density at radius 3 is 2.93 bits per heavy atom. The molecular formula is C9H8N3OS+. The first-order valence-corrected chi connectivity index (χ1v) is 4.50. The van der Waals surface area contributed by atoms with Gasteiger partial charge in [-0.25, -0.2) is 9.78 Å². The van der Waals surface area contributed by atoms with E-state index in [1.54, 1.807) is 18.3 Å². The van der Waals surface area contributed by atoms with Crippen molar-refractivity contribution in [3.8, 4) is 0 Å². The molecule has 1 amide bonds. The standard InChI is InChI=1S/C9H7N3OS/c13-8-4-6-11-9(14)12(8)7-3-1-2-5-10-7/h1-6H,(H,11,14)/p+1. The topological polar surface area (TPSA) is 46.4 Å². The summed E-state index contributed by atoms with van der Waals surface area (Å²) in [7, 11) is 0. The minimum absolute atomic E-state index is 0.104. The number of aromatic nitrogens is 1. The molecular weight excluding hydrogens is 198 g/mol. The fraction of sp³-hybridized carbons (Fsp3) is 0. The summed E-state index contributed by atoms with van der Waals surface area (Å²) in [6, 6.07) is 5.38. The second kappa shape index (κ2) is 3.65. The second-order valence-electron chi connectivity index (χ2n) is 2.76. The summed E-state index contributed by atoms with van der Waals surface area (Å²) in [5.74, 6) is 0.506. The van der Waals surface area contributed by atoms with Gasteiger partial charge in [-0.15, -0.1) is 0 Å². The molecule has 70 valence electrons. The van der Waals surface area contributed by atoms with Gasteiger partial charge in [-0.05, 0) is 6.07 Å². The molecule has 1 aliphatic rings. The molecule has 1 aliphatic heterocycles. The monoisotopic (exact) mass is 206 g/mol. The number of hydrogen-bond acceptors (Lipinski definition) is 3. The predicted molar refractivity (Wildman–Crippen MR) is 54.7 cm³/mol. The van der Waals surface area contributed by atoms with Gasteiger partial charge in [0, 0.05) is 30.7 Å². The lowest BCUT2D eigenvalue weighted by Crippen LogP contribution is -3.14. The summed E-state index contributed by atoms with van der Waals surface area (Å²) in [6.45, 7) is 0. The summed E-state index contributed by atoms with van der Waals surface area (Å²) in [5.41, 5.74) is 0. The molecule has 1 aromatic heterocycles. The summed E-state index contributed by atoms with van der Waals surface area (Å²) < 4.78 is 0. The Bertz CT molecular complexity index is 402. The van der Waals surface area contributed by atoms with E-state index in [1.807, 2.05) is 6.07 Å². The van der Waals surface area contributed by atoms with Gasteiger partial charge in [0.15, 0.2) is 0 Å². The van der Waals surface area contributed by atoms with E-state index in [1.165, 1.54) is 12.3 Å². The van der Waals surface area contributed by atoms with Gasteiger partial charge in [0.05, 0.1) is 6.08 Å². The Kier molecular flexibility index (Phi) is 2.34. The van der Waals surface area contributed by atoms with Crippen molar-refractivity contribution < 1.29 is 9.69 Å². The molecule has 0 fully saturated rings. The van der Waals surface area contributed by atoms with Crippen molar-refractivity contribution in [1.29, 1.82) is 0 Å². The fourth-order valence-electron chi connectivity index (χ4n) is 1.21. The average molecular weight is 206 g/mol. The van der Waals surface area contributed by atoms with Crippen LogP contribution in [0.5, 0.6) is 0 Å². The first-order valence-electron chi connectivity index (χ1n) is 4.09. The van der Waals surface area contributed by atoms with Crippen molar-refractivity contribution in [1.82, 2.24) is 10.3 Å². The van der Waals surface area contributed by atoms with Crippen LogP contribution in [-0.2, 0) is 4.79 Å². The van der Waals surface area contributed by atoms with Gasteiger partial charge >= 0.3 is 5.91 Å². The van der Waals surface area contributed by atoms with Crippen LogP contribution in [0.1, 0.15) is 0 Å². The SMILES string of the molecule is O=C1C=CNC(=S)[NH+]1c1ccccn1. The number of pyridine rings is 1. The first-order chi connectivity index (χ1) is 6.79. The molecule has 2 N–H and O–H groups in total. The van der Waals surface area contributed by atoms with E-state index in [9.17, 15) is 4.79 Å². The summed E-state index contributed by atoms with van der Waals surface area (Å²) in [6.07, 6.45) is 4.62. The average Bonchev–Trinajstić information content (AvgIpc) is 2.19. The molecule has 0 radical (unpaired) electrons. The highest BCUT2D eigenvalue weighted by Gasteiger charge is 2.28. The van der Waals surface area contributed by atoms with Crippen molar-refractivity contribution in [3.63, 3.8) is 0 Å². The summed E-state index contributed by atoms with van der Waals surface area (Å²) in [5, 5.41) is 3.24. The lowest BCUT2D eigenvalue weighted by Gasteiger charge is -2.16. The summed E-state index contributed by atoms with van der Waals surface area (Å²) in [4.78, 5) is 16.1.